The van der Waals surface area contributed by atoms with Crippen LogP contribution >= 0.6 is 0 Å². The molecular weight excluding hydrogens is 733 g/mol. The standard InChI is InChI=1S/C61H48/c1-5-61(60(2,3)4)56-31-19-18-26-49(56)50-33-32-42(39-57(50)61)58-51-27-14-16-29-53(51)59(54-30-17-15-28-52(54)58)55-35-34-46(47-24-12-13-25-48(47)55)45-37-43(40-20-8-6-9-21-40)36-44(38-45)41-22-10-7-11-23-41/h6-39H,5H2,1-4H3. The van der Waals surface area contributed by atoms with E-state index in [4.69, 9.17) is 0 Å². The minimum Gasteiger partial charge on any atom is -0.0642 e. The van der Waals surface area contributed by atoms with Crippen LogP contribution in [0, 0.1) is 5.41 Å². The molecule has 11 rings (SSSR count). The van der Waals surface area contributed by atoms with E-state index >= 15 is 0 Å². The van der Waals surface area contributed by atoms with Crippen LogP contribution in [0.15, 0.2) is 206 Å². The number of hydrogen-bond acceptors (Lipinski definition) is 0. The maximum atomic E-state index is 2.55. The lowest BCUT2D eigenvalue weighted by atomic mass is 9.59. The van der Waals surface area contributed by atoms with Gasteiger partial charge in [-0.3, -0.25) is 0 Å². The second-order valence-corrected chi connectivity index (χ2v) is 17.9. The van der Waals surface area contributed by atoms with Gasteiger partial charge in [0.25, 0.3) is 0 Å². The summed E-state index contributed by atoms with van der Waals surface area (Å²) in [6.07, 6.45) is 1.04. The second-order valence-electron chi connectivity index (χ2n) is 17.9. The molecule has 0 aliphatic heterocycles. The van der Waals surface area contributed by atoms with E-state index in [1.807, 2.05) is 0 Å². The predicted molar refractivity (Wildman–Crippen MR) is 262 cm³/mol. The summed E-state index contributed by atoms with van der Waals surface area (Å²) in [7, 11) is 0. The normalized spacial score (nSPS) is 14.7. The van der Waals surface area contributed by atoms with E-state index in [9.17, 15) is 0 Å². The SMILES string of the molecule is CCC1(C(C)(C)C)c2ccccc2-c2ccc(-c3c4ccccc4c(-c4ccc(-c5cc(-c6ccccc6)cc(-c6ccccc6)c5)c5ccccc45)c4ccccc34)cc21. The van der Waals surface area contributed by atoms with Crippen LogP contribution in [-0.2, 0) is 5.41 Å². The van der Waals surface area contributed by atoms with Crippen LogP contribution in [0.2, 0.25) is 0 Å². The van der Waals surface area contributed by atoms with Crippen LogP contribution in [0.4, 0.5) is 0 Å². The highest BCUT2D eigenvalue weighted by molar-refractivity contribution is 6.24. The van der Waals surface area contributed by atoms with E-state index in [1.165, 1.54) is 110 Å². The summed E-state index contributed by atoms with van der Waals surface area (Å²) < 4.78 is 0. The highest BCUT2D eigenvalue weighted by Gasteiger charge is 2.49. The summed E-state index contributed by atoms with van der Waals surface area (Å²) in [5, 5.41) is 7.60. The van der Waals surface area contributed by atoms with E-state index in [-0.39, 0.29) is 10.8 Å². The molecule has 0 bridgehead atoms. The van der Waals surface area contributed by atoms with Gasteiger partial charge in [0.2, 0.25) is 0 Å². The molecule has 0 amide bonds. The van der Waals surface area contributed by atoms with Crippen molar-refractivity contribution < 1.29 is 0 Å². The Morgan fingerprint density at radius 2 is 0.738 bits per heavy atom. The van der Waals surface area contributed by atoms with E-state index in [0.717, 1.165) is 6.42 Å². The molecular formula is C61H48. The van der Waals surface area contributed by atoms with Crippen molar-refractivity contribution in [3.05, 3.63) is 217 Å². The molecule has 1 atom stereocenters. The number of benzene rings is 10. The van der Waals surface area contributed by atoms with Gasteiger partial charge in [-0.25, -0.2) is 0 Å². The minimum atomic E-state index is -0.0936. The van der Waals surface area contributed by atoms with Gasteiger partial charge in [0.1, 0.15) is 0 Å². The third-order valence-corrected chi connectivity index (χ3v) is 13.8. The van der Waals surface area contributed by atoms with Crippen molar-refractivity contribution in [2.45, 2.75) is 39.5 Å². The first-order valence-corrected chi connectivity index (χ1v) is 21.8. The van der Waals surface area contributed by atoms with Gasteiger partial charge in [-0.1, -0.05) is 210 Å². The van der Waals surface area contributed by atoms with Gasteiger partial charge in [-0.2, -0.15) is 0 Å². The van der Waals surface area contributed by atoms with Crippen LogP contribution in [0.25, 0.3) is 99.1 Å². The fraction of sp³-hybridized carbons (Fsp3) is 0.115. The fourth-order valence-corrected chi connectivity index (χ4v) is 11.1. The zero-order valence-electron chi connectivity index (χ0n) is 35.3. The average molecular weight is 781 g/mol. The zero-order valence-corrected chi connectivity index (χ0v) is 35.3. The third kappa shape index (κ3) is 5.73. The largest absolute Gasteiger partial charge is 0.0642 e. The van der Waals surface area contributed by atoms with E-state index < -0.39 is 0 Å². The summed E-state index contributed by atoms with van der Waals surface area (Å²) in [6.45, 7) is 9.65. The molecule has 0 spiro atoms. The van der Waals surface area contributed by atoms with Crippen LogP contribution in [0.1, 0.15) is 45.2 Å². The molecule has 292 valence electrons. The summed E-state index contributed by atoms with van der Waals surface area (Å²) in [4.78, 5) is 0. The van der Waals surface area contributed by atoms with Gasteiger partial charge in [0.05, 0.1) is 0 Å². The maximum Gasteiger partial charge on any atom is 0.0261 e. The highest BCUT2D eigenvalue weighted by Crippen LogP contribution is 2.60. The molecule has 1 aliphatic carbocycles. The van der Waals surface area contributed by atoms with Crippen molar-refractivity contribution in [3.8, 4) is 66.8 Å². The number of rotatable bonds is 6. The summed E-state index contributed by atoms with van der Waals surface area (Å²) in [5.41, 5.74) is 18.0. The topological polar surface area (TPSA) is 0 Å². The maximum absolute atomic E-state index is 2.55. The fourth-order valence-electron chi connectivity index (χ4n) is 11.1. The van der Waals surface area contributed by atoms with Crippen molar-refractivity contribution in [3.63, 3.8) is 0 Å². The van der Waals surface area contributed by atoms with Crippen molar-refractivity contribution >= 4 is 32.3 Å². The van der Waals surface area contributed by atoms with Crippen molar-refractivity contribution in [1.82, 2.24) is 0 Å². The Labute approximate surface area is 359 Å². The first kappa shape index (κ1) is 37.0. The smallest absolute Gasteiger partial charge is 0.0261 e. The van der Waals surface area contributed by atoms with Crippen molar-refractivity contribution in [2.75, 3.05) is 0 Å². The molecule has 0 heteroatoms. The lowest BCUT2D eigenvalue weighted by Gasteiger charge is -2.43. The van der Waals surface area contributed by atoms with Gasteiger partial charge in [0.15, 0.2) is 0 Å². The monoisotopic (exact) mass is 780 g/mol. The third-order valence-electron chi connectivity index (χ3n) is 13.8. The van der Waals surface area contributed by atoms with Gasteiger partial charge >= 0.3 is 0 Å². The second kappa shape index (κ2) is 14.3. The molecule has 0 nitrogen and oxygen atoms in total. The molecule has 61 heavy (non-hydrogen) atoms. The van der Waals surface area contributed by atoms with Crippen LogP contribution in [0.5, 0.6) is 0 Å². The molecule has 0 fully saturated rings. The van der Waals surface area contributed by atoms with Crippen molar-refractivity contribution in [2.24, 2.45) is 5.41 Å². The van der Waals surface area contributed by atoms with Crippen molar-refractivity contribution in [1.29, 1.82) is 0 Å². The summed E-state index contributed by atoms with van der Waals surface area (Å²) in [5.74, 6) is 0. The first-order valence-electron chi connectivity index (χ1n) is 21.8. The van der Waals surface area contributed by atoms with Crippen LogP contribution < -0.4 is 0 Å². The van der Waals surface area contributed by atoms with E-state index in [1.54, 1.807) is 0 Å². The van der Waals surface area contributed by atoms with Gasteiger partial charge in [-0.15, -0.1) is 0 Å². The lowest BCUT2D eigenvalue weighted by molar-refractivity contribution is 0.225. The molecule has 0 saturated heterocycles. The average Bonchev–Trinajstić information content (AvgIpc) is 3.61. The minimum absolute atomic E-state index is 0.0227. The summed E-state index contributed by atoms with van der Waals surface area (Å²) >= 11 is 0. The molecule has 0 heterocycles. The molecule has 10 aromatic carbocycles. The Hall–Kier alpha value is -7.02. The molecule has 1 unspecified atom stereocenters. The van der Waals surface area contributed by atoms with E-state index in [0.29, 0.717) is 0 Å². The van der Waals surface area contributed by atoms with Crippen LogP contribution in [0.3, 0.4) is 0 Å². The Morgan fingerprint density at radius 3 is 1.30 bits per heavy atom. The zero-order chi connectivity index (χ0) is 41.3. The van der Waals surface area contributed by atoms with Gasteiger partial charge in [0, 0.05) is 5.41 Å². The predicted octanol–water partition coefficient (Wildman–Crippen LogP) is 17.2. The molecule has 10 aromatic rings. The Morgan fingerprint density at radius 1 is 0.311 bits per heavy atom. The Balaban J connectivity index is 1.14. The molecule has 0 aromatic heterocycles. The Bertz CT molecular complexity index is 3190. The molecule has 0 saturated carbocycles. The lowest BCUT2D eigenvalue weighted by Crippen LogP contribution is -2.39. The quantitative estimate of drug-likeness (QED) is 0.147. The Kier molecular flexibility index (Phi) is 8.69. The molecule has 0 N–H and O–H groups in total. The van der Waals surface area contributed by atoms with Gasteiger partial charge in [-0.05, 0) is 146 Å². The number of fused-ring (bicyclic) bond motifs is 6. The molecule has 0 radical (unpaired) electrons. The van der Waals surface area contributed by atoms with Crippen LogP contribution in [-0.4, -0.2) is 0 Å². The van der Waals surface area contributed by atoms with E-state index in [2.05, 4.69) is 234 Å². The highest BCUT2D eigenvalue weighted by atomic mass is 14.5. The van der Waals surface area contributed by atoms with Gasteiger partial charge < -0.3 is 0 Å². The summed E-state index contributed by atoms with van der Waals surface area (Å²) in [6, 6.07) is 77.0. The molecule has 1 aliphatic rings. The number of hydrogen-bond donors (Lipinski definition) is 0. The first-order chi connectivity index (χ1) is 29.9.